The Balaban J connectivity index is 0.00000312. The van der Waals surface area contributed by atoms with Gasteiger partial charge in [0.25, 0.3) is 0 Å². The second-order valence-corrected chi connectivity index (χ2v) is 7.38. The lowest BCUT2D eigenvalue weighted by Crippen LogP contribution is -2.38. The van der Waals surface area contributed by atoms with Crippen molar-refractivity contribution in [1.82, 2.24) is 10.6 Å². The van der Waals surface area contributed by atoms with Crippen LogP contribution in [0.4, 0.5) is 0 Å². The van der Waals surface area contributed by atoms with Gasteiger partial charge in [-0.2, -0.15) is 0 Å². The van der Waals surface area contributed by atoms with Gasteiger partial charge in [0.15, 0.2) is 15.8 Å². The van der Waals surface area contributed by atoms with Crippen LogP contribution < -0.4 is 10.6 Å². The lowest BCUT2D eigenvalue weighted by Gasteiger charge is -2.10. The van der Waals surface area contributed by atoms with E-state index in [0.29, 0.717) is 18.0 Å². The van der Waals surface area contributed by atoms with Crippen molar-refractivity contribution < 1.29 is 12.8 Å². The van der Waals surface area contributed by atoms with Crippen LogP contribution in [0.25, 0.3) is 0 Å². The number of hydrogen-bond acceptors (Lipinski definition) is 4. The van der Waals surface area contributed by atoms with E-state index in [1.165, 1.54) is 6.26 Å². The van der Waals surface area contributed by atoms with Gasteiger partial charge in [0.05, 0.1) is 17.7 Å². The van der Waals surface area contributed by atoms with Gasteiger partial charge >= 0.3 is 0 Å². The molecule has 8 heteroatoms. The van der Waals surface area contributed by atoms with Crippen LogP contribution in [0, 0.1) is 0 Å². The van der Waals surface area contributed by atoms with Crippen LogP contribution in [0.1, 0.15) is 18.2 Å². The number of benzene rings is 1. The number of rotatable bonds is 7. The quantitative estimate of drug-likeness (QED) is 0.364. The molecule has 1 aromatic carbocycles. The van der Waals surface area contributed by atoms with Gasteiger partial charge in [0.2, 0.25) is 0 Å². The van der Waals surface area contributed by atoms with Crippen molar-refractivity contribution in [3.8, 4) is 0 Å². The Morgan fingerprint density at radius 2 is 1.88 bits per heavy atom. The molecule has 0 saturated carbocycles. The smallest absolute Gasteiger partial charge is 0.191 e. The first-order chi connectivity index (χ1) is 11.5. The van der Waals surface area contributed by atoms with E-state index >= 15 is 0 Å². The minimum Gasteiger partial charge on any atom is -0.469 e. The molecule has 0 radical (unpaired) electrons. The summed E-state index contributed by atoms with van der Waals surface area (Å²) in [6.45, 7) is 3.96. The van der Waals surface area contributed by atoms with Gasteiger partial charge in [0.1, 0.15) is 5.76 Å². The van der Waals surface area contributed by atoms with Crippen molar-refractivity contribution in [2.45, 2.75) is 24.8 Å². The third-order valence-electron chi connectivity index (χ3n) is 3.36. The second kappa shape index (κ2) is 10.4. The summed E-state index contributed by atoms with van der Waals surface area (Å²) in [5.74, 6) is 1.64. The number of guanidine groups is 1. The fourth-order valence-electron chi connectivity index (χ4n) is 2.11. The Hall–Kier alpha value is -1.55. The van der Waals surface area contributed by atoms with Gasteiger partial charge in [-0.1, -0.05) is 12.1 Å². The molecule has 0 spiro atoms. The summed E-state index contributed by atoms with van der Waals surface area (Å²) >= 11 is 0. The van der Waals surface area contributed by atoms with E-state index in [9.17, 15) is 8.42 Å². The highest BCUT2D eigenvalue weighted by Gasteiger charge is 2.06. The predicted octanol–water partition coefficient (Wildman–Crippen LogP) is 2.60. The molecule has 0 aliphatic rings. The first-order valence-electron chi connectivity index (χ1n) is 7.82. The maximum atomic E-state index is 11.5. The van der Waals surface area contributed by atoms with Crippen LogP contribution in [-0.4, -0.2) is 33.7 Å². The summed E-state index contributed by atoms with van der Waals surface area (Å²) in [5, 5.41) is 6.43. The highest BCUT2D eigenvalue weighted by molar-refractivity contribution is 14.0. The molecule has 2 aromatic rings. The zero-order valence-corrected chi connectivity index (χ0v) is 17.5. The van der Waals surface area contributed by atoms with Gasteiger partial charge < -0.3 is 15.1 Å². The molecule has 138 valence electrons. The number of sulfone groups is 1. The van der Waals surface area contributed by atoms with Crippen molar-refractivity contribution in [2.75, 3.05) is 19.3 Å². The van der Waals surface area contributed by atoms with Gasteiger partial charge in [-0.05, 0) is 36.8 Å². The van der Waals surface area contributed by atoms with Crippen LogP contribution in [0.2, 0.25) is 0 Å². The molecule has 1 heterocycles. The summed E-state index contributed by atoms with van der Waals surface area (Å²) in [5.41, 5.74) is 0.950. The number of aliphatic imine (C=N–C) groups is 1. The number of halogens is 1. The number of nitrogens with zero attached hydrogens (tertiary/aromatic N) is 1. The monoisotopic (exact) mass is 477 g/mol. The van der Waals surface area contributed by atoms with Crippen molar-refractivity contribution in [2.24, 2.45) is 4.99 Å². The molecule has 0 unspecified atom stereocenters. The minimum absolute atomic E-state index is 0. The first kappa shape index (κ1) is 21.5. The van der Waals surface area contributed by atoms with Crippen LogP contribution >= 0.6 is 24.0 Å². The Bertz CT molecular complexity index is 757. The number of hydrogen-bond donors (Lipinski definition) is 2. The third-order valence-corrected chi connectivity index (χ3v) is 4.49. The fourth-order valence-corrected chi connectivity index (χ4v) is 2.74. The largest absolute Gasteiger partial charge is 0.469 e. The first-order valence-corrected chi connectivity index (χ1v) is 9.71. The van der Waals surface area contributed by atoms with E-state index in [1.54, 1.807) is 30.5 Å². The van der Waals surface area contributed by atoms with E-state index in [-0.39, 0.29) is 24.0 Å². The van der Waals surface area contributed by atoms with Gasteiger partial charge in [-0.3, -0.25) is 0 Å². The second-order valence-electron chi connectivity index (χ2n) is 5.37. The van der Waals surface area contributed by atoms with E-state index in [4.69, 9.17) is 4.42 Å². The zero-order valence-electron chi connectivity index (χ0n) is 14.4. The zero-order chi connectivity index (χ0) is 17.4. The lowest BCUT2D eigenvalue weighted by atomic mass is 10.2. The molecule has 6 nitrogen and oxygen atoms in total. The molecule has 2 N–H and O–H groups in total. The Morgan fingerprint density at radius 3 is 2.44 bits per heavy atom. The number of furan rings is 1. The molecular formula is C17H24IN3O3S. The van der Waals surface area contributed by atoms with E-state index in [0.717, 1.165) is 30.2 Å². The fraction of sp³-hybridized carbons (Fsp3) is 0.353. The van der Waals surface area contributed by atoms with E-state index < -0.39 is 9.84 Å². The Morgan fingerprint density at radius 1 is 1.16 bits per heavy atom. The highest BCUT2D eigenvalue weighted by Crippen LogP contribution is 2.11. The van der Waals surface area contributed by atoms with Gasteiger partial charge in [-0.25, -0.2) is 13.4 Å². The van der Waals surface area contributed by atoms with Crippen LogP contribution in [-0.2, 0) is 22.8 Å². The molecule has 25 heavy (non-hydrogen) atoms. The Kier molecular flexibility index (Phi) is 8.98. The van der Waals surface area contributed by atoms with Crippen molar-refractivity contribution in [3.05, 3.63) is 54.0 Å². The minimum atomic E-state index is -3.16. The Labute approximate surface area is 166 Å². The molecule has 0 atom stereocenters. The standard InChI is InChI=1S/C17H23N3O3S.HI/c1-3-18-17(19-11-10-15-5-4-12-23-15)20-13-14-6-8-16(9-7-14)24(2,21)22;/h4-9,12H,3,10-11,13H2,1-2H3,(H2,18,19,20);1H. The molecule has 0 amide bonds. The molecular weight excluding hydrogens is 453 g/mol. The van der Waals surface area contributed by atoms with Crippen molar-refractivity contribution in [3.63, 3.8) is 0 Å². The highest BCUT2D eigenvalue weighted by atomic mass is 127. The summed E-state index contributed by atoms with van der Waals surface area (Å²) in [6, 6.07) is 10.6. The topological polar surface area (TPSA) is 83.7 Å². The molecule has 0 saturated heterocycles. The van der Waals surface area contributed by atoms with Crippen LogP contribution in [0.3, 0.4) is 0 Å². The number of nitrogens with one attached hydrogen (secondary N) is 2. The van der Waals surface area contributed by atoms with E-state index in [1.807, 2.05) is 19.1 Å². The molecule has 0 bridgehead atoms. The maximum absolute atomic E-state index is 11.5. The normalized spacial score (nSPS) is 11.7. The van der Waals surface area contributed by atoms with Gasteiger partial charge in [0, 0.05) is 25.8 Å². The maximum Gasteiger partial charge on any atom is 0.191 e. The summed E-state index contributed by atoms with van der Waals surface area (Å²) < 4.78 is 28.2. The molecule has 1 aromatic heterocycles. The lowest BCUT2D eigenvalue weighted by molar-refractivity contribution is 0.507. The SMILES string of the molecule is CCNC(=NCc1ccc(S(C)(=O)=O)cc1)NCCc1ccco1.I. The molecule has 0 fully saturated rings. The summed E-state index contributed by atoms with van der Waals surface area (Å²) in [4.78, 5) is 4.83. The molecule has 2 rings (SSSR count). The van der Waals surface area contributed by atoms with Crippen molar-refractivity contribution >= 4 is 39.8 Å². The summed E-state index contributed by atoms with van der Waals surface area (Å²) in [6.07, 6.45) is 3.64. The molecule has 0 aliphatic heterocycles. The van der Waals surface area contributed by atoms with E-state index in [2.05, 4.69) is 15.6 Å². The predicted molar refractivity (Wildman–Crippen MR) is 110 cm³/mol. The average molecular weight is 477 g/mol. The van der Waals surface area contributed by atoms with Gasteiger partial charge in [-0.15, -0.1) is 24.0 Å². The van der Waals surface area contributed by atoms with Crippen LogP contribution in [0.5, 0.6) is 0 Å². The summed E-state index contributed by atoms with van der Waals surface area (Å²) in [7, 11) is -3.16. The van der Waals surface area contributed by atoms with Crippen molar-refractivity contribution in [1.29, 1.82) is 0 Å². The molecule has 0 aliphatic carbocycles. The third kappa shape index (κ3) is 7.47. The average Bonchev–Trinajstić information content (AvgIpc) is 3.05. The van der Waals surface area contributed by atoms with Crippen LogP contribution in [0.15, 0.2) is 57.0 Å².